The number of fused-ring (bicyclic) bond motifs is 1. The molecule has 0 saturated heterocycles. The third-order valence-corrected chi connectivity index (χ3v) is 6.42. The molecule has 9 nitrogen and oxygen atoms in total. The predicted molar refractivity (Wildman–Crippen MR) is 137 cm³/mol. The van der Waals surface area contributed by atoms with E-state index in [-0.39, 0.29) is 34.8 Å². The largest absolute Gasteiger partial charge is 0.401 e. The minimum absolute atomic E-state index is 0.168. The van der Waals surface area contributed by atoms with E-state index in [0.29, 0.717) is 23.6 Å². The molecule has 0 radical (unpaired) electrons. The number of nitrogens with two attached hydrogens (primary N) is 1. The third-order valence-electron chi connectivity index (χ3n) is 5.59. The molecule has 1 aliphatic carbocycles. The van der Waals surface area contributed by atoms with Crippen molar-refractivity contribution in [1.29, 1.82) is 0 Å². The molecule has 1 aromatic heterocycles. The highest BCUT2D eigenvalue weighted by molar-refractivity contribution is 7.98. The molecule has 2 aromatic rings. The molecule has 1 atom stereocenters. The highest BCUT2D eigenvalue weighted by Crippen LogP contribution is 2.29. The van der Waals surface area contributed by atoms with Gasteiger partial charge in [0.2, 0.25) is 5.95 Å². The molecule has 4 rings (SSSR count). The molecule has 2 aliphatic rings. The summed E-state index contributed by atoms with van der Waals surface area (Å²) < 4.78 is 43.6. The quantitative estimate of drug-likeness (QED) is 0.427. The molecular formula is C23H23ClF3N7O2S. The zero-order chi connectivity index (χ0) is 26.9. The van der Waals surface area contributed by atoms with Crippen molar-refractivity contribution in [2.45, 2.75) is 19.1 Å². The van der Waals surface area contributed by atoms with Crippen molar-refractivity contribution in [2.75, 3.05) is 24.4 Å². The Labute approximate surface area is 218 Å². The Bertz CT molecular complexity index is 1480. The summed E-state index contributed by atoms with van der Waals surface area (Å²) in [6.07, 6.45) is 8.75. The van der Waals surface area contributed by atoms with Crippen molar-refractivity contribution in [2.24, 2.45) is 5.73 Å². The van der Waals surface area contributed by atoms with Crippen LogP contribution in [0, 0.1) is 17.5 Å². The zero-order valence-corrected chi connectivity index (χ0v) is 21.3. The van der Waals surface area contributed by atoms with Gasteiger partial charge in [-0.25, -0.2) is 32.8 Å². The summed E-state index contributed by atoms with van der Waals surface area (Å²) in [6.45, 7) is -0.822. The maximum absolute atomic E-state index is 14.5. The van der Waals surface area contributed by atoms with E-state index < -0.39 is 35.4 Å². The van der Waals surface area contributed by atoms with Gasteiger partial charge in [0.05, 0.1) is 29.9 Å². The lowest BCUT2D eigenvalue weighted by atomic mass is 10.0. The summed E-state index contributed by atoms with van der Waals surface area (Å²) in [5.41, 5.74) is 8.39. The second-order valence-electron chi connectivity index (χ2n) is 8.31. The van der Waals surface area contributed by atoms with Gasteiger partial charge in [-0.3, -0.25) is 4.57 Å². The fraction of sp³-hybridized carbons (Fsp3) is 0.261. The summed E-state index contributed by atoms with van der Waals surface area (Å²) in [5.74, 6) is -3.44. The Hall–Kier alpha value is -3.42. The second kappa shape index (κ2) is 10.9. The normalized spacial score (nSPS) is 17.4. The number of rotatable bonds is 8. The standard InChI is InChI=1S/C23H23ClF3N7O2S/c1-32-9-13-6-20(15(24)7-19(13)31-32)29-21-30-22(35)34(11-14(28)3-4-37-2)23(36)33(21)10-12-5-17(26)18(27)8-16(12)25/h3,5-9,19,31H,4,10-11,28H2,1-2H3,(H,29,30,35)/b14-3-. The van der Waals surface area contributed by atoms with E-state index in [1.54, 1.807) is 23.2 Å². The Morgan fingerprint density at radius 2 is 1.97 bits per heavy atom. The SMILES string of the molecule is CSC/C=C(\N)Cn1c(=O)nc(NC2=CC3=CN(C)NC3C=C2Cl)n(Cc2cc(F)c(F)cc2F)c1=O. The third kappa shape index (κ3) is 5.78. The molecule has 2 heterocycles. The lowest BCUT2D eigenvalue weighted by Crippen LogP contribution is -2.44. The second-order valence-corrected chi connectivity index (χ2v) is 9.63. The molecule has 196 valence electrons. The molecule has 0 bridgehead atoms. The van der Waals surface area contributed by atoms with Crippen LogP contribution in [0.3, 0.4) is 0 Å². The van der Waals surface area contributed by atoms with E-state index >= 15 is 0 Å². The van der Waals surface area contributed by atoms with Gasteiger partial charge in [-0.05, 0) is 30.0 Å². The van der Waals surface area contributed by atoms with Crippen molar-refractivity contribution in [3.05, 3.63) is 103 Å². The molecule has 0 saturated carbocycles. The Morgan fingerprint density at radius 1 is 1.24 bits per heavy atom. The summed E-state index contributed by atoms with van der Waals surface area (Å²) in [6, 6.07) is 0.860. The average molecular weight is 554 g/mol. The van der Waals surface area contributed by atoms with Gasteiger partial charge in [-0.2, -0.15) is 16.7 Å². The van der Waals surface area contributed by atoms with Gasteiger partial charge < -0.3 is 16.1 Å². The fourth-order valence-electron chi connectivity index (χ4n) is 3.78. The monoisotopic (exact) mass is 553 g/mol. The number of nitrogens with one attached hydrogen (secondary N) is 2. The van der Waals surface area contributed by atoms with Gasteiger partial charge in [0.1, 0.15) is 5.82 Å². The van der Waals surface area contributed by atoms with E-state index in [9.17, 15) is 22.8 Å². The number of thioether (sulfide) groups is 1. The molecule has 1 aromatic carbocycles. The predicted octanol–water partition coefficient (Wildman–Crippen LogP) is 2.21. The van der Waals surface area contributed by atoms with Crippen LogP contribution >= 0.6 is 23.4 Å². The van der Waals surface area contributed by atoms with E-state index in [4.69, 9.17) is 17.3 Å². The number of halogens is 4. The number of nitrogens with zero attached hydrogens (tertiary/aromatic N) is 4. The van der Waals surface area contributed by atoms with E-state index in [2.05, 4.69) is 15.7 Å². The molecule has 0 fully saturated rings. The van der Waals surface area contributed by atoms with Gasteiger partial charge in [0.25, 0.3) is 0 Å². The van der Waals surface area contributed by atoms with E-state index in [0.717, 1.165) is 14.7 Å². The number of anilines is 1. The van der Waals surface area contributed by atoms with Crippen molar-refractivity contribution in [3.63, 3.8) is 0 Å². The number of hydrazine groups is 1. The van der Waals surface area contributed by atoms with E-state index in [1.165, 1.54) is 11.8 Å². The van der Waals surface area contributed by atoms with Gasteiger partial charge in [0, 0.05) is 36.3 Å². The Kier molecular flexibility index (Phi) is 7.85. The van der Waals surface area contributed by atoms with E-state index in [1.807, 2.05) is 19.5 Å². The van der Waals surface area contributed by atoms with Gasteiger partial charge >= 0.3 is 11.4 Å². The molecule has 1 aliphatic heterocycles. The van der Waals surface area contributed by atoms with Crippen molar-refractivity contribution < 1.29 is 13.2 Å². The van der Waals surface area contributed by atoms with Crippen LogP contribution in [-0.2, 0) is 13.1 Å². The van der Waals surface area contributed by atoms with Crippen molar-refractivity contribution in [3.8, 4) is 0 Å². The number of hydrogen-bond acceptors (Lipinski definition) is 8. The van der Waals surface area contributed by atoms with Crippen LogP contribution in [0.2, 0.25) is 0 Å². The first kappa shape index (κ1) is 26.6. The fourth-order valence-corrected chi connectivity index (χ4v) is 4.39. The summed E-state index contributed by atoms with van der Waals surface area (Å²) >= 11 is 7.91. The van der Waals surface area contributed by atoms with Crippen LogP contribution in [-0.4, -0.2) is 44.2 Å². The highest BCUT2D eigenvalue weighted by atomic mass is 35.5. The average Bonchev–Trinajstić information content (AvgIpc) is 3.19. The molecule has 1 unspecified atom stereocenters. The molecule has 0 spiro atoms. The maximum atomic E-state index is 14.5. The van der Waals surface area contributed by atoms with Crippen molar-refractivity contribution in [1.82, 2.24) is 24.6 Å². The molecule has 37 heavy (non-hydrogen) atoms. The number of hydrogen-bond donors (Lipinski definition) is 3. The van der Waals surface area contributed by atoms with Crippen LogP contribution < -0.4 is 27.9 Å². The number of aromatic nitrogens is 3. The van der Waals surface area contributed by atoms with Crippen LogP contribution in [0.25, 0.3) is 0 Å². The molecule has 0 amide bonds. The van der Waals surface area contributed by atoms with Crippen LogP contribution in [0.5, 0.6) is 0 Å². The first-order valence-corrected chi connectivity index (χ1v) is 12.7. The minimum atomic E-state index is -1.37. The summed E-state index contributed by atoms with van der Waals surface area (Å²) in [5, 5.41) is 4.88. The van der Waals surface area contributed by atoms with Gasteiger partial charge in [0.15, 0.2) is 11.6 Å². The van der Waals surface area contributed by atoms with Crippen LogP contribution in [0.4, 0.5) is 19.1 Å². The van der Waals surface area contributed by atoms with Crippen LogP contribution in [0.1, 0.15) is 5.56 Å². The zero-order valence-electron chi connectivity index (χ0n) is 19.8. The van der Waals surface area contributed by atoms with Crippen molar-refractivity contribution >= 4 is 29.3 Å². The number of allylic oxidation sites excluding steroid dienone is 2. The molecule has 4 N–H and O–H groups in total. The molecular weight excluding hydrogens is 531 g/mol. The number of benzene rings is 1. The van der Waals surface area contributed by atoms with Gasteiger partial charge in [-0.1, -0.05) is 17.7 Å². The smallest absolute Gasteiger partial charge is 0.355 e. The Balaban J connectivity index is 1.80. The highest BCUT2D eigenvalue weighted by Gasteiger charge is 2.26. The first-order valence-electron chi connectivity index (χ1n) is 10.9. The summed E-state index contributed by atoms with van der Waals surface area (Å²) in [4.78, 5) is 30.2. The molecule has 14 heteroatoms. The maximum Gasteiger partial charge on any atom is 0.355 e. The Morgan fingerprint density at radius 3 is 2.70 bits per heavy atom. The first-order chi connectivity index (χ1) is 17.6. The topological polar surface area (TPSA) is 110 Å². The minimum Gasteiger partial charge on any atom is -0.401 e. The lowest BCUT2D eigenvalue weighted by Gasteiger charge is -2.21. The van der Waals surface area contributed by atoms with Gasteiger partial charge in [-0.15, -0.1) is 0 Å². The van der Waals surface area contributed by atoms with Crippen LogP contribution in [0.15, 0.2) is 68.1 Å². The summed E-state index contributed by atoms with van der Waals surface area (Å²) in [7, 11) is 1.81. The lowest BCUT2D eigenvalue weighted by molar-refractivity contribution is 0.349.